The van der Waals surface area contributed by atoms with Crippen LogP contribution < -0.4 is 0 Å². The lowest BCUT2D eigenvalue weighted by Gasteiger charge is -2.22. The molecule has 0 unspecified atom stereocenters. The first-order valence-electron chi connectivity index (χ1n) is 16.5. The van der Waals surface area contributed by atoms with Gasteiger partial charge in [-0.3, -0.25) is 0 Å². The number of benzene rings is 6. The third-order valence-electron chi connectivity index (χ3n) is 9.39. The lowest BCUT2D eigenvalue weighted by atomic mass is 9.79. The molecule has 6 aromatic carbocycles. The topological polar surface area (TPSA) is 49.4 Å². The fourth-order valence-corrected chi connectivity index (χ4v) is 7.19. The van der Waals surface area contributed by atoms with E-state index in [-0.39, 0.29) is 11.7 Å². The molecule has 0 saturated heterocycles. The summed E-state index contributed by atoms with van der Waals surface area (Å²) >= 11 is 0. The minimum atomic E-state index is -0.296. The van der Waals surface area contributed by atoms with E-state index in [1.807, 2.05) is 47.1 Å². The molecule has 0 amide bonds. The highest BCUT2D eigenvalue weighted by Crippen LogP contribution is 2.49. The normalized spacial score (nSPS) is 11.6. The van der Waals surface area contributed by atoms with Crippen molar-refractivity contribution in [3.05, 3.63) is 192 Å². The monoisotopic (exact) mass is 634 g/mol. The zero-order valence-corrected chi connectivity index (χ0v) is 26.5. The maximum atomic E-state index is 14.4. The maximum Gasteiger partial charge on any atom is 0.123 e. The van der Waals surface area contributed by atoms with Crippen LogP contribution >= 0.6 is 0 Å². The highest BCUT2D eigenvalue weighted by atomic mass is 19.1. The summed E-state index contributed by atoms with van der Waals surface area (Å²) in [6, 6.07) is 55.0. The first kappa shape index (κ1) is 28.7. The SMILES string of the molecule is Fc1ccc(-c2nn(-c3ccccc3)cc2C(c2c(-c3ccccc3)[nH]c3ccccc23)c2c(-c3ccccc3)[nH]c3ccccc23)cc1. The number of nitrogens with one attached hydrogen (secondary N) is 2. The van der Waals surface area contributed by atoms with Gasteiger partial charge in [0.15, 0.2) is 0 Å². The Balaban J connectivity index is 1.45. The molecular formula is C44H31FN4. The van der Waals surface area contributed by atoms with Crippen LogP contribution in [-0.4, -0.2) is 19.7 Å². The summed E-state index contributed by atoms with van der Waals surface area (Å²) in [7, 11) is 0. The van der Waals surface area contributed by atoms with Gasteiger partial charge in [0.05, 0.1) is 22.8 Å². The summed E-state index contributed by atoms with van der Waals surface area (Å²) in [5, 5.41) is 7.52. The van der Waals surface area contributed by atoms with Gasteiger partial charge in [-0.25, -0.2) is 9.07 Å². The minimum absolute atomic E-state index is 0.282. The fourth-order valence-electron chi connectivity index (χ4n) is 7.19. The first-order chi connectivity index (χ1) is 24.2. The predicted octanol–water partition coefficient (Wildman–Crippen LogP) is 11.2. The smallest absolute Gasteiger partial charge is 0.123 e. The van der Waals surface area contributed by atoms with E-state index in [0.29, 0.717) is 0 Å². The molecular weight excluding hydrogens is 604 g/mol. The summed E-state index contributed by atoms with van der Waals surface area (Å²) in [6.07, 6.45) is 2.16. The van der Waals surface area contributed by atoms with Crippen LogP contribution in [0, 0.1) is 5.82 Å². The largest absolute Gasteiger partial charge is 0.354 e. The van der Waals surface area contributed by atoms with E-state index in [1.165, 1.54) is 12.1 Å². The van der Waals surface area contributed by atoms with E-state index in [9.17, 15) is 4.39 Å². The summed E-state index contributed by atoms with van der Waals surface area (Å²) in [4.78, 5) is 7.64. The van der Waals surface area contributed by atoms with Crippen LogP contribution in [0.2, 0.25) is 0 Å². The molecule has 4 nitrogen and oxygen atoms in total. The molecule has 234 valence electrons. The van der Waals surface area contributed by atoms with Gasteiger partial charge in [-0.15, -0.1) is 0 Å². The standard InChI is InChI=1S/C44H31FN4/c45-32-26-24-31(25-27-32)42-36(28-49(48-42)33-18-8-3-9-19-33)39(40-34-20-10-12-22-37(34)46-43(40)29-14-4-1-5-15-29)41-35-21-11-13-23-38(35)47-44(41)30-16-6-2-7-17-30/h1-28,39,46-47H. The Morgan fingerprint density at radius 3 is 1.49 bits per heavy atom. The molecule has 0 aliphatic carbocycles. The molecule has 0 aliphatic heterocycles. The fraction of sp³-hybridized carbons (Fsp3) is 0.0227. The maximum absolute atomic E-state index is 14.4. The van der Waals surface area contributed by atoms with Crippen molar-refractivity contribution in [3.8, 4) is 39.5 Å². The van der Waals surface area contributed by atoms with Gasteiger partial charge in [0.25, 0.3) is 0 Å². The van der Waals surface area contributed by atoms with Crippen molar-refractivity contribution in [2.24, 2.45) is 0 Å². The number of hydrogen-bond acceptors (Lipinski definition) is 1. The Hall–Kier alpha value is -6.46. The van der Waals surface area contributed by atoms with Crippen LogP contribution in [0.4, 0.5) is 4.39 Å². The molecule has 0 radical (unpaired) electrons. The van der Waals surface area contributed by atoms with E-state index >= 15 is 0 Å². The number of fused-ring (bicyclic) bond motifs is 2. The quantitative estimate of drug-likeness (QED) is 0.180. The molecule has 9 aromatic rings. The van der Waals surface area contributed by atoms with Gasteiger partial charge in [-0.05, 0) is 70.8 Å². The molecule has 49 heavy (non-hydrogen) atoms. The summed E-state index contributed by atoms with van der Waals surface area (Å²) in [5.74, 6) is -0.578. The van der Waals surface area contributed by atoms with Gasteiger partial charge in [0.2, 0.25) is 0 Å². The van der Waals surface area contributed by atoms with E-state index in [2.05, 4.69) is 125 Å². The Morgan fingerprint density at radius 2 is 0.959 bits per heavy atom. The minimum Gasteiger partial charge on any atom is -0.354 e. The Kier molecular flexibility index (Phi) is 7.02. The van der Waals surface area contributed by atoms with E-state index in [0.717, 1.165) is 78.0 Å². The van der Waals surface area contributed by atoms with E-state index in [1.54, 1.807) is 0 Å². The number of hydrogen-bond donors (Lipinski definition) is 2. The van der Waals surface area contributed by atoms with Gasteiger partial charge in [0.1, 0.15) is 5.82 Å². The molecule has 5 heteroatoms. The molecule has 0 fully saturated rings. The number of para-hydroxylation sites is 3. The van der Waals surface area contributed by atoms with Crippen LogP contribution in [-0.2, 0) is 0 Å². The van der Waals surface area contributed by atoms with E-state index in [4.69, 9.17) is 5.10 Å². The third-order valence-corrected chi connectivity index (χ3v) is 9.39. The zero-order valence-electron chi connectivity index (χ0n) is 26.5. The number of rotatable bonds is 7. The second-order valence-electron chi connectivity index (χ2n) is 12.3. The summed E-state index contributed by atoms with van der Waals surface area (Å²) < 4.78 is 16.3. The van der Waals surface area contributed by atoms with Gasteiger partial charge in [0, 0.05) is 45.0 Å². The Bertz CT molecular complexity index is 2430. The van der Waals surface area contributed by atoms with Crippen molar-refractivity contribution in [1.29, 1.82) is 0 Å². The van der Waals surface area contributed by atoms with Crippen molar-refractivity contribution in [1.82, 2.24) is 19.7 Å². The van der Waals surface area contributed by atoms with Gasteiger partial charge >= 0.3 is 0 Å². The molecule has 0 bridgehead atoms. The molecule has 3 aromatic heterocycles. The van der Waals surface area contributed by atoms with E-state index < -0.39 is 0 Å². The van der Waals surface area contributed by atoms with Crippen molar-refractivity contribution in [3.63, 3.8) is 0 Å². The van der Waals surface area contributed by atoms with Crippen LogP contribution in [0.5, 0.6) is 0 Å². The molecule has 2 N–H and O–H groups in total. The first-order valence-corrected chi connectivity index (χ1v) is 16.5. The summed E-state index contributed by atoms with van der Waals surface area (Å²) in [5.41, 5.74) is 12.3. The van der Waals surface area contributed by atoms with Gasteiger partial charge in [-0.1, -0.05) is 115 Å². The van der Waals surface area contributed by atoms with Gasteiger partial charge in [-0.2, -0.15) is 5.10 Å². The molecule has 3 heterocycles. The third kappa shape index (κ3) is 5.04. The second-order valence-corrected chi connectivity index (χ2v) is 12.3. The number of aromatic amines is 2. The average molecular weight is 635 g/mol. The average Bonchev–Trinajstić information content (AvgIpc) is 3.89. The number of H-pyrrole nitrogens is 2. The van der Waals surface area contributed by atoms with Crippen molar-refractivity contribution >= 4 is 21.8 Å². The van der Waals surface area contributed by atoms with Crippen molar-refractivity contribution in [2.45, 2.75) is 5.92 Å². The number of halogens is 1. The highest BCUT2D eigenvalue weighted by Gasteiger charge is 2.33. The molecule has 0 spiro atoms. The summed E-state index contributed by atoms with van der Waals surface area (Å²) in [6.45, 7) is 0. The predicted molar refractivity (Wildman–Crippen MR) is 197 cm³/mol. The van der Waals surface area contributed by atoms with Crippen LogP contribution in [0.1, 0.15) is 22.6 Å². The zero-order chi connectivity index (χ0) is 32.7. The molecule has 9 rings (SSSR count). The Labute approximate surface area is 283 Å². The van der Waals surface area contributed by atoms with Crippen molar-refractivity contribution < 1.29 is 4.39 Å². The second kappa shape index (κ2) is 12.0. The lowest BCUT2D eigenvalue weighted by Crippen LogP contribution is -2.07. The van der Waals surface area contributed by atoms with Crippen LogP contribution in [0.25, 0.3) is 61.3 Å². The molecule has 0 atom stereocenters. The van der Waals surface area contributed by atoms with Crippen molar-refractivity contribution in [2.75, 3.05) is 0 Å². The van der Waals surface area contributed by atoms with Crippen LogP contribution in [0.15, 0.2) is 170 Å². The highest BCUT2D eigenvalue weighted by molar-refractivity contribution is 5.98. The Morgan fingerprint density at radius 1 is 0.490 bits per heavy atom. The van der Waals surface area contributed by atoms with Gasteiger partial charge < -0.3 is 9.97 Å². The van der Waals surface area contributed by atoms with Crippen LogP contribution in [0.3, 0.4) is 0 Å². The molecule has 0 saturated carbocycles. The number of aromatic nitrogens is 4. The number of nitrogens with zero attached hydrogens (tertiary/aromatic N) is 2. The lowest BCUT2D eigenvalue weighted by molar-refractivity contribution is 0.628. The molecule has 0 aliphatic rings.